The van der Waals surface area contributed by atoms with Crippen LogP contribution in [0.3, 0.4) is 0 Å². The maximum atomic E-state index is 12.1. The summed E-state index contributed by atoms with van der Waals surface area (Å²) in [6, 6.07) is 3.56. The first-order chi connectivity index (χ1) is 9.42. The molecule has 0 bridgehead atoms. The van der Waals surface area contributed by atoms with E-state index in [2.05, 4.69) is 0 Å². The van der Waals surface area contributed by atoms with E-state index in [0.29, 0.717) is 23.7 Å². The Morgan fingerprint density at radius 3 is 2.80 bits per heavy atom. The van der Waals surface area contributed by atoms with Crippen LogP contribution in [0.25, 0.3) is 0 Å². The van der Waals surface area contributed by atoms with Crippen LogP contribution in [0.1, 0.15) is 18.9 Å². The number of rotatable bonds is 3. The summed E-state index contributed by atoms with van der Waals surface area (Å²) in [5.41, 5.74) is 1.71. The highest BCUT2D eigenvalue weighted by Gasteiger charge is 2.32. The number of amides is 1. The highest BCUT2D eigenvalue weighted by atomic mass is 35.5. The Bertz CT molecular complexity index is 562. The molecule has 0 spiro atoms. The lowest BCUT2D eigenvalue weighted by Crippen LogP contribution is -2.25. The summed E-state index contributed by atoms with van der Waals surface area (Å²) >= 11 is 7.35. The van der Waals surface area contributed by atoms with Crippen LogP contribution in [0.5, 0.6) is 5.75 Å². The van der Waals surface area contributed by atoms with E-state index in [-0.39, 0.29) is 16.3 Å². The Morgan fingerprint density at radius 2 is 2.20 bits per heavy atom. The average Bonchev–Trinajstić information content (AvgIpc) is 2.71. The smallest absolute Gasteiger partial charge is 0.228 e. The van der Waals surface area contributed by atoms with E-state index >= 15 is 0 Å². The van der Waals surface area contributed by atoms with Crippen LogP contribution in [0, 0.1) is 6.92 Å². The number of hydrogen-bond acceptors (Lipinski definition) is 4. The number of thioether (sulfide) groups is 1. The third-order valence-corrected chi connectivity index (χ3v) is 4.46. The van der Waals surface area contributed by atoms with Gasteiger partial charge in [-0.15, -0.1) is 0 Å². The van der Waals surface area contributed by atoms with Gasteiger partial charge in [-0.05, 0) is 24.6 Å². The number of anilines is 1. The molecule has 0 radical (unpaired) electrons. The number of carbonyl (C=O) groups is 2. The van der Waals surface area contributed by atoms with Crippen molar-refractivity contribution in [1.82, 2.24) is 0 Å². The molecule has 6 heteroatoms. The van der Waals surface area contributed by atoms with Gasteiger partial charge in [0.05, 0.1) is 12.1 Å². The monoisotopic (exact) mass is 313 g/mol. The number of aryl methyl sites for hydroxylation is 1. The molecule has 0 N–H and O–H groups in total. The highest BCUT2D eigenvalue weighted by molar-refractivity contribution is 8.14. The summed E-state index contributed by atoms with van der Waals surface area (Å²) in [7, 11) is 1.56. The van der Waals surface area contributed by atoms with Crippen molar-refractivity contribution in [2.24, 2.45) is 0 Å². The molecule has 1 saturated heterocycles. The molecule has 0 aliphatic carbocycles. The van der Waals surface area contributed by atoms with E-state index in [4.69, 9.17) is 16.3 Å². The normalized spacial score (nSPS) is 18.5. The van der Waals surface area contributed by atoms with Crippen LogP contribution in [-0.4, -0.2) is 29.9 Å². The Morgan fingerprint density at radius 1 is 1.50 bits per heavy atom. The molecule has 1 amide bonds. The zero-order valence-corrected chi connectivity index (χ0v) is 13.2. The molecular weight excluding hydrogens is 298 g/mol. The van der Waals surface area contributed by atoms with Gasteiger partial charge >= 0.3 is 0 Å². The maximum Gasteiger partial charge on any atom is 0.228 e. The maximum absolute atomic E-state index is 12.1. The van der Waals surface area contributed by atoms with Crippen molar-refractivity contribution in [1.29, 1.82) is 0 Å². The van der Waals surface area contributed by atoms with Crippen LogP contribution in [-0.2, 0) is 9.59 Å². The van der Waals surface area contributed by atoms with Crippen molar-refractivity contribution < 1.29 is 14.3 Å². The lowest BCUT2D eigenvalue weighted by atomic mass is 10.1. The lowest BCUT2D eigenvalue weighted by molar-refractivity contribution is -0.117. The first-order valence-corrected chi connectivity index (χ1v) is 7.50. The van der Waals surface area contributed by atoms with Crippen molar-refractivity contribution in [3.63, 3.8) is 0 Å². The van der Waals surface area contributed by atoms with Crippen molar-refractivity contribution >= 4 is 40.1 Å². The highest BCUT2D eigenvalue weighted by Crippen LogP contribution is 2.36. The molecule has 20 heavy (non-hydrogen) atoms. The molecule has 1 heterocycles. The van der Waals surface area contributed by atoms with Crippen molar-refractivity contribution in [3.8, 4) is 5.75 Å². The van der Waals surface area contributed by atoms with Crippen LogP contribution in [0.15, 0.2) is 12.1 Å². The molecule has 1 aliphatic rings. The van der Waals surface area contributed by atoms with E-state index in [1.807, 2.05) is 13.0 Å². The topological polar surface area (TPSA) is 46.6 Å². The summed E-state index contributed by atoms with van der Waals surface area (Å²) in [6.07, 6.45) is 0.382. The zero-order chi connectivity index (χ0) is 14.9. The third kappa shape index (κ3) is 3.10. The van der Waals surface area contributed by atoms with Crippen LogP contribution < -0.4 is 9.64 Å². The molecule has 0 aromatic heterocycles. The minimum absolute atomic E-state index is 0.0141. The molecule has 1 fully saturated rings. The molecule has 1 aromatic carbocycles. The fraction of sp³-hybridized carbons (Fsp3) is 0.429. The molecule has 1 aromatic rings. The second-order valence-corrected chi connectivity index (χ2v) is 6.60. The Hall–Kier alpha value is -1.20. The molecule has 1 atom stereocenters. The van der Waals surface area contributed by atoms with E-state index in [1.165, 1.54) is 18.7 Å². The fourth-order valence-corrected chi connectivity index (χ4v) is 3.47. The molecule has 108 valence electrons. The predicted octanol–water partition coefficient (Wildman–Crippen LogP) is 3.04. The van der Waals surface area contributed by atoms with Crippen LogP contribution >= 0.6 is 23.4 Å². The summed E-state index contributed by atoms with van der Waals surface area (Å²) in [5, 5.41) is 0.526. The van der Waals surface area contributed by atoms with E-state index < -0.39 is 0 Å². The van der Waals surface area contributed by atoms with Gasteiger partial charge in [-0.1, -0.05) is 23.4 Å². The second kappa shape index (κ2) is 6.06. The summed E-state index contributed by atoms with van der Waals surface area (Å²) in [5.74, 6) is 0.613. The number of hydrogen-bond donors (Lipinski definition) is 0. The Labute approximate surface area is 127 Å². The van der Waals surface area contributed by atoms with Gasteiger partial charge in [0.2, 0.25) is 5.91 Å². The SMILES string of the molecule is COc1cc(C)c(N2CC(SC(C)=O)CC2=O)cc1Cl. The van der Waals surface area contributed by atoms with Gasteiger partial charge in [-0.2, -0.15) is 0 Å². The van der Waals surface area contributed by atoms with Gasteiger partial charge in [0.15, 0.2) is 5.12 Å². The summed E-state index contributed by atoms with van der Waals surface area (Å²) in [6.45, 7) is 3.97. The molecule has 0 saturated carbocycles. The van der Waals surface area contributed by atoms with E-state index in [0.717, 1.165) is 11.3 Å². The van der Waals surface area contributed by atoms with Gasteiger partial charge in [0.1, 0.15) is 5.75 Å². The summed E-state index contributed by atoms with van der Waals surface area (Å²) in [4.78, 5) is 25.0. The van der Waals surface area contributed by atoms with Crippen molar-refractivity contribution in [2.75, 3.05) is 18.6 Å². The number of methoxy groups -OCH3 is 1. The fourth-order valence-electron chi connectivity index (χ4n) is 2.31. The quantitative estimate of drug-likeness (QED) is 0.860. The molecule has 4 nitrogen and oxygen atoms in total. The minimum Gasteiger partial charge on any atom is -0.495 e. The Kier molecular flexibility index (Phi) is 4.60. The van der Waals surface area contributed by atoms with Crippen LogP contribution in [0.4, 0.5) is 5.69 Å². The number of nitrogens with zero attached hydrogens (tertiary/aromatic N) is 1. The van der Waals surface area contributed by atoms with Crippen molar-refractivity contribution in [3.05, 3.63) is 22.7 Å². The second-order valence-electron chi connectivity index (χ2n) is 4.71. The van der Waals surface area contributed by atoms with Gasteiger partial charge in [0.25, 0.3) is 0 Å². The standard InChI is InChI=1S/C14H16ClNO3S/c1-8-4-13(19-3)11(15)6-12(8)16-7-10(5-14(16)18)20-9(2)17/h4,6,10H,5,7H2,1-3H3. The zero-order valence-electron chi connectivity index (χ0n) is 11.6. The van der Waals surface area contributed by atoms with Crippen LogP contribution in [0.2, 0.25) is 5.02 Å². The average molecular weight is 314 g/mol. The minimum atomic E-state index is 0.0141. The third-order valence-electron chi connectivity index (χ3n) is 3.18. The number of benzene rings is 1. The number of halogens is 1. The molecule has 1 aliphatic heterocycles. The van der Waals surface area contributed by atoms with Gasteiger partial charge in [-0.3, -0.25) is 9.59 Å². The van der Waals surface area contributed by atoms with Gasteiger partial charge < -0.3 is 9.64 Å². The predicted molar refractivity (Wildman–Crippen MR) is 81.8 cm³/mol. The molecule has 2 rings (SSSR count). The molecular formula is C14H16ClNO3S. The Balaban J connectivity index is 2.26. The number of ether oxygens (including phenoxy) is 1. The van der Waals surface area contributed by atoms with Gasteiger partial charge in [-0.25, -0.2) is 0 Å². The first-order valence-electron chi connectivity index (χ1n) is 6.24. The lowest BCUT2D eigenvalue weighted by Gasteiger charge is -2.20. The van der Waals surface area contributed by atoms with E-state index in [9.17, 15) is 9.59 Å². The van der Waals surface area contributed by atoms with Crippen molar-refractivity contribution in [2.45, 2.75) is 25.5 Å². The van der Waals surface area contributed by atoms with Gasteiger partial charge in [0, 0.05) is 30.8 Å². The summed E-state index contributed by atoms with van der Waals surface area (Å²) < 4.78 is 5.16. The largest absolute Gasteiger partial charge is 0.495 e. The van der Waals surface area contributed by atoms with E-state index in [1.54, 1.807) is 18.1 Å². The number of carbonyl (C=O) groups excluding carboxylic acids is 2. The molecule has 1 unspecified atom stereocenters. The first kappa shape index (κ1) is 15.2.